The monoisotopic (exact) mass is 387 g/mol. The molecule has 144 valence electrons. The lowest BCUT2D eigenvalue weighted by atomic mass is 10.2. The number of anilines is 2. The number of nitrogens with zero attached hydrogens (tertiary/aromatic N) is 1. The van der Waals surface area contributed by atoms with E-state index < -0.39 is 10.0 Å². The third-order valence-electron chi connectivity index (χ3n) is 4.73. The predicted octanol–water partition coefficient (Wildman–Crippen LogP) is 3.23. The third-order valence-corrected chi connectivity index (χ3v) is 6.24. The number of rotatable bonds is 6. The molecule has 0 spiro atoms. The number of carbonyl (C=O) groups excluding carboxylic acids is 1. The van der Waals surface area contributed by atoms with E-state index in [4.69, 9.17) is 0 Å². The van der Waals surface area contributed by atoms with Gasteiger partial charge < -0.3 is 10.2 Å². The largest absolute Gasteiger partial charge is 0.378 e. The Morgan fingerprint density at radius 3 is 2.33 bits per heavy atom. The smallest absolute Gasteiger partial charge is 0.255 e. The molecule has 1 amide bonds. The number of sulfonamides is 1. The Morgan fingerprint density at radius 1 is 1.04 bits per heavy atom. The molecule has 2 N–H and O–H groups in total. The first-order chi connectivity index (χ1) is 12.8. The van der Waals surface area contributed by atoms with E-state index in [0.717, 1.165) is 31.4 Å². The SMILES string of the molecule is CN(C)c1ccc(NC(=O)c2cccc(S(=O)(=O)NC3CCCC3)c2)cc1. The minimum absolute atomic E-state index is 0.0114. The molecule has 3 rings (SSSR count). The van der Waals surface area contributed by atoms with Crippen molar-refractivity contribution in [3.8, 4) is 0 Å². The van der Waals surface area contributed by atoms with E-state index >= 15 is 0 Å². The lowest BCUT2D eigenvalue weighted by molar-refractivity contribution is 0.102. The second-order valence-electron chi connectivity index (χ2n) is 7.03. The highest BCUT2D eigenvalue weighted by Crippen LogP contribution is 2.21. The molecule has 0 radical (unpaired) electrons. The van der Waals surface area contributed by atoms with Crippen LogP contribution in [-0.4, -0.2) is 34.5 Å². The molecule has 7 heteroatoms. The number of amides is 1. The van der Waals surface area contributed by atoms with Crippen molar-refractivity contribution in [3.05, 3.63) is 54.1 Å². The van der Waals surface area contributed by atoms with Crippen LogP contribution < -0.4 is 14.9 Å². The molecule has 0 atom stereocenters. The fraction of sp³-hybridized carbons (Fsp3) is 0.350. The van der Waals surface area contributed by atoms with Crippen LogP contribution in [0.25, 0.3) is 0 Å². The highest BCUT2D eigenvalue weighted by atomic mass is 32.2. The maximum Gasteiger partial charge on any atom is 0.255 e. The molecule has 1 saturated carbocycles. The van der Waals surface area contributed by atoms with Gasteiger partial charge in [-0.3, -0.25) is 4.79 Å². The fourth-order valence-corrected chi connectivity index (χ4v) is 4.53. The second-order valence-corrected chi connectivity index (χ2v) is 8.74. The van der Waals surface area contributed by atoms with E-state index in [9.17, 15) is 13.2 Å². The standard InChI is InChI=1S/C20H25N3O3S/c1-23(2)18-12-10-16(11-13-18)21-20(24)15-6-5-9-19(14-15)27(25,26)22-17-7-3-4-8-17/h5-6,9-14,17,22H,3-4,7-8H2,1-2H3,(H,21,24). The molecule has 1 aliphatic carbocycles. The second kappa shape index (κ2) is 8.10. The molecule has 0 heterocycles. The van der Waals surface area contributed by atoms with Crippen molar-refractivity contribution < 1.29 is 13.2 Å². The topological polar surface area (TPSA) is 78.5 Å². The van der Waals surface area contributed by atoms with Crippen LogP contribution in [0.1, 0.15) is 36.0 Å². The zero-order valence-electron chi connectivity index (χ0n) is 15.6. The quantitative estimate of drug-likeness (QED) is 0.798. The Bertz CT molecular complexity index is 902. The van der Waals surface area contributed by atoms with Gasteiger partial charge in [-0.2, -0.15) is 0 Å². The Kier molecular flexibility index (Phi) is 5.82. The summed E-state index contributed by atoms with van der Waals surface area (Å²) in [7, 11) is 0.264. The van der Waals surface area contributed by atoms with Crippen LogP contribution in [0.2, 0.25) is 0 Å². The molecule has 0 bridgehead atoms. The van der Waals surface area contributed by atoms with E-state index in [2.05, 4.69) is 10.0 Å². The van der Waals surface area contributed by atoms with Crippen LogP contribution in [0, 0.1) is 0 Å². The van der Waals surface area contributed by atoms with Gasteiger partial charge in [0.1, 0.15) is 0 Å². The Labute approximate surface area is 160 Å². The summed E-state index contributed by atoms with van der Waals surface area (Å²) >= 11 is 0. The van der Waals surface area contributed by atoms with Crippen LogP contribution in [0.3, 0.4) is 0 Å². The minimum atomic E-state index is -3.62. The van der Waals surface area contributed by atoms with Gasteiger partial charge in [-0.05, 0) is 55.3 Å². The van der Waals surface area contributed by atoms with Gasteiger partial charge in [-0.1, -0.05) is 18.9 Å². The first-order valence-electron chi connectivity index (χ1n) is 9.06. The molecular formula is C20H25N3O3S. The fourth-order valence-electron chi connectivity index (χ4n) is 3.18. The van der Waals surface area contributed by atoms with Crippen LogP contribution in [-0.2, 0) is 10.0 Å². The van der Waals surface area contributed by atoms with Crippen molar-refractivity contribution >= 4 is 27.3 Å². The molecule has 0 aromatic heterocycles. The molecule has 1 aliphatic rings. The lowest BCUT2D eigenvalue weighted by Gasteiger charge is -2.14. The number of nitrogens with one attached hydrogen (secondary N) is 2. The summed E-state index contributed by atoms with van der Waals surface area (Å²) in [6.45, 7) is 0. The Hall–Kier alpha value is -2.38. The van der Waals surface area contributed by atoms with Gasteiger partial charge in [-0.15, -0.1) is 0 Å². The van der Waals surface area contributed by atoms with Crippen LogP contribution >= 0.6 is 0 Å². The molecule has 0 saturated heterocycles. The van der Waals surface area contributed by atoms with Crippen molar-refractivity contribution in [2.75, 3.05) is 24.3 Å². The summed E-state index contributed by atoms with van der Waals surface area (Å²) in [6.07, 6.45) is 3.81. The van der Waals surface area contributed by atoms with E-state index in [-0.39, 0.29) is 16.8 Å². The van der Waals surface area contributed by atoms with Crippen LogP contribution in [0.5, 0.6) is 0 Å². The van der Waals surface area contributed by atoms with Gasteiger partial charge >= 0.3 is 0 Å². The molecule has 2 aromatic rings. The molecule has 6 nitrogen and oxygen atoms in total. The summed E-state index contributed by atoms with van der Waals surface area (Å²) in [5, 5.41) is 2.80. The van der Waals surface area contributed by atoms with Crippen molar-refractivity contribution in [2.45, 2.75) is 36.6 Å². The average molecular weight is 388 g/mol. The summed E-state index contributed by atoms with van der Waals surface area (Å²) in [4.78, 5) is 14.6. The number of carbonyl (C=O) groups is 1. The molecule has 0 unspecified atom stereocenters. The van der Waals surface area contributed by atoms with Gasteiger partial charge in [0, 0.05) is 37.1 Å². The summed E-state index contributed by atoms with van der Waals surface area (Å²) in [5.41, 5.74) is 1.99. The molecule has 1 fully saturated rings. The number of benzene rings is 2. The first kappa shape index (κ1) is 19.4. The van der Waals surface area contributed by atoms with Crippen molar-refractivity contribution in [2.24, 2.45) is 0 Å². The molecular weight excluding hydrogens is 362 g/mol. The highest BCUT2D eigenvalue weighted by Gasteiger charge is 2.23. The molecule has 27 heavy (non-hydrogen) atoms. The zero-order chi connectivity index (χ0) is 19.4. The number of hydrogen-bond donors (Lipinski definition) is 2. The van der Waals surface area contributed by atoms with Gasteiger partial charge in [0.25, 0.3) is 5.91 Å². The third kappa shape index (κ3) is 4.87. The highest BCUT2D eigenvalue weighted by molar-refractivity contribution is 7.89. The van der Waals surface area contributed by atoms with Gasteiger partial charge in [0.15, 0.2) is 0 Å². The average Bonchev–Trinajstić information content (AvgIpc) is 3.14. The van der Waals surface area contributed by atoms with Crippen LogP contribution in [0.4, 0.5) is 11.4 Å². The van der Waals surface area contributed by atoms with Gasteiger partial charge in [0.2, 0.25) is 10.0 Å². The van der Waals surface area contributed by atoms with E-state index in [1.807, 2.05) is 43.3 Å². The van der Waals surface area contributed by atoms with Gasteiger partial charge in [0.05, 0.1) is 4.90 Å². The normalized spacial score (nSPS) is 14.9. The molecule has 0 aliphatic heterocycles. The maximum atomic E-state index is 12.6. The van der Waals surface area contributed by atoms with E-state index in [0.29, 0.717) is 11.3 Å². The molecule has 2 aromatic carbocycles. The van der Waals surface area contributed by atoms with Crippen molar-refractivity contribution in [1.29, 1.82) is 0 Å². The van der Waals surface area contributed by atoms with E-state index in [1.54, 1.807) is 12.1 Å². The number of hydrogen-bond acceptors (Lipinski definition) is 4. The first-order valence-corrected chi connectivity index (χ1v) is 10.5. The Morgan fingerprint density at radius 2 is 1.70 bits per heavy atom. The van der Waals surface area contributed by atoms with Crippen molar-refractivity contribution in [3.63, 3.8) is 0 Å². The summed E-state index contributed by atoms with van der Waals surface area (Å²) in [6, 6.07) is 13.6. The minimum Gasteiger partial charge on any atom is -0.378 e. The van der Waals surface area contributed by atoms with E-state index in [1.165, 1.54) is 12.1 Å². The predicted molar refractivity (Wildman–Crippen MR) is 108 cm³/mol. The van der Waals surface area contributed by atoms with Crippen LogP contribution in [0.15, 0.2) is 53.4 Å². The maximum absolute atomic E-state index is 12.6. The summed E-state index contributed by atoms with van der Waals surface area (Å²) < 4.78 is 27.9. The van der Waals surface area contributed by atoms with Crippen molar-refractivity contribution in [1.82, 2.24) is 4.72 Å². The Balaban J connectivity index is 1.73. The summed E-state index contributed by atoms with van der Waals surface area (Å²) in [5.74, 6) is -0.342. The zero-order valence-corrected chi connectivity index (χ0v) is 16.4. The lowest BCUT2D eigenvalue weighted by Crippen LogP contribution is -2.32. The van der Waals surface area contributed by atoms with Gasteiger partial charge in [-0.25, -0.2) is 13.1 Å².